The highest BCUT2D eigenvalue weighted by Crippen LogP contribution is 2.34. The third kappa shape index (κ3) is 4.66. The summed E-state index contributed by atoms with van der Waals surface area (Å²) in [6.07, 6.45) is 4.03. The zero-order chi connectivity index (χ0) is 23.3. The summed E-state index contributed by atoms with van der Waals surface area (Å²) in [5.74, 6) is 0.764. The van der Waals surface area contributed by atoms with Gasteiger partial charge in [0.05, 0.1) is 23.3 Å². The number of aromatic nitrogens is 1. The van der Waals surface area contributed by atoms with Crippen molar-refractivity contribution >= 4 is 51.7 Å². The molecule has 166 valence electrons. The van der Waals surface area contributed by atoms with Crippen LogP contribution in [0.3, 0.4) is 0 Å². The van der Waals surface area contributed by atoms with Crippen molar-refractivity contribution in [3.63, 3.8) is 0 Å². The maximum Gasteiger partial charge on any atom is 0.119 e. The Morgan fingerprint density at radius 3 is 1.94 bits per heavy atom. The summed E-state index contributed by atoms with van der Waals surface area (Å²) in [4.78, 5) is 6.96. The van der Waals surface area contributed by atoms with Gasteiger partial charge in [-0.25, -0.2) is 4.98 Å². The predicted octanol–water partition coefficient (Wildman–Crippen LogP) is 8.54. The van der Waals surface area contributed by atoms with Crippen molar-refractivity contribution in [2.45, 2.75) is 0 Å². The van der Waals surface area contributed by atoms with Crippen molar-refractivity contribution in [2.75, 3.05) is 12.0 Å². The summed E-state index contributed by atoms with van der Waals surface area (Å²) in [5.41, 5.74) is 6.05. The van der Waals surface area contributed by atoms with Gasteiger partial charge in [0.25, 0.3) is 0 Å². The lowest BCUT2D eigenvalue weighted by atomic mass is 10.1. The molecule has 0 amide bonds. The highest BCUT2D eigenvalue weighted by atomic mass is 35.5. The third-order valence-electron chi connectivity index (χ3n) is 5.61. The van der Waals surface area contributed by atoms with Crippen LogP contribution >= 0.6 is 11.6 Å². The van der Waals surface area contributed by atoms with Gasteiger partial charge in [-0.15, -0.1) is 0 Å². The average molecular weight is 463 g/mol. The van der Waals surface area contributed by atoms with Gasteiger partial charge in [0, 0.05) is 22.4 Å². The zero-order valence-electron chi connectivity index (χ0n) is 18.7. The van der Waals surface area contributed by atoms with Gasteiger partial charge in [0.2, 0.25) is 0 Å². The lowest BCUT2D eigenvalue weighted by Crippen LogP contribution is -2.09. The second-order valence-corrected chi connectivity index (χ2v) is 8.25. The summed E-state index contributed by atoms with van der Waals surface area (Å²) >= 11 is 6.51. The molecule has 0 fully saturated rings. The molecule has 1 heterocycles. The number of hydrogen-bond donors (Lipinski definition) is 0. The predicted molar refractivity (Wildman–Crippen MR) is 143 cm³/mol. The summed E-state index contributed by atoms with van der Waals surface area (Å²) in [5, 5.41) is 1.53. The minimum absolute atomic E-state index is 0.653. The van der Waals surface area contributed by atoms with Gasteiger partial charge in [-0.05, 0) is 72.3 Å². The standard InChI is InChI=1S/C30H23ClN2O/c1-34-27-18-19-30-28(21-27)29(31)20-23(32-30)15-12-22-13-16-26(17-14-22)33(24-8-4-2-5-9-24)25-10-6-3-7-11-25/h2-21H,1H3. The quantitative estimate of drug-likeness (QED) is 0.253. The Balaban J connectivity index is 1.42. The van der Waals surface area contributed by atoms with Crippen LogP contribution in [-0.4, -0.2) is 12.1 Å². The molecule has 0 atom stereocenters. The number of hydrogen-bond acceptors (Lipinski definition) is 3. The minimum Gasteiger partial charge on any atom is -0.497 e. The molecule has 4 heteroatoms. The zero-order valence-corrected chi connectivity index (χ0v) is 19.5. The SMILES string of the molecule is COc1ccc2nc(C=Cc3ccc(N(c4ccccc4)c4ccccc4)cc3)cc(Cl)c2c1. The topological polar surface area (TPSA) is 25.4 Å². The van der Waals surface area contributed by atoms with E-state index in [0.717, 1.165) is 45.0 Å². The number of nitrogens with zero attached hydrogens (tertiary/aromatic N) is 2. The Morgan fingerprint density at radius 1 is 0.706 bits per heavy atom. The van der Waals surface area contributed by atoms with Crippen molar-refractivity contribution < 1.29 is 4.74 Å². The number of rotatable bonds is 6. The summed E-state index contributed by atoms with van der Waals surface area (Å²) < 4.78 is 5.29. The fraction of sp³-hybridized carbons (Fsp3) is 0.0333. The molecule has 34 heavy (non-hydrogen) atoms. The Kier molecular flexibility index (Phi) is 6.28. The Bertz CT molecular complexity index is 1390. The fourth-order valence-corrected chi connectivity index (χ4v) is 4.18. The highest BCUT2D eigenvalue weighted by molar-refractivity contribution is 6.35. The van der Waals surface area contributed by atoms with E-state index in [4.69, 9.17) is 21.3 Å². The van der Waals surface area contributed by atoms with E-state index in [0.29, 0.717) is 5.02 Å². The van der Waals surface area contributed by atoms with Crippen LogP contribution in [0.15, 0.2) is 109 Å². The molecule has 0 spiro atoms. The van der Waals surface area contributed by atoms with Crippen molar-refractivity contribution in [1.29, 1.82) is 0 Å². The van der Waals surface area contributed by atoms with E-state index in [9.17, 15) is 0 Å². The molecule has 0 aliphatic carbocycles. The van der Waals surface area contributed by atoms with Gasteiger partial charge in [0.15, 0.2) is 0 Å². The first-order valence-electron chi connectivity index (χ1n) is 11.0. The van der Waals surface area contributed by atoms with E-state index in [1.165, 1.54) is 0 Å². The Hall–Kier alpha value is -4.08. The van der Waals surface area contributed by atoms with Gasteiger partial charge in [0.1, 0.15) is 5.75 Å². The molecule has 1 aromatic heterocycles. The van der Waals surface area contributed by atoms with E-state index in [1.54, 1.807) is 7.11 Å². The van der Waals surface area contributed by atoms with Gasteiger partial charge in [-0.2, -0.15) is 0 Å². The summed E-state index contributed by atoms with van der Waals surface area (Å²) in [7, 11) is 1.64. The van der Waals surface area contributed by atoms with Gasteiger partial charge in [-0.1, -0.05) is 66.2 Å². The van der Waals surface area contributed by atoms with Gasteiger partial charge in [-0.3, -0.25) is 0 Å². The third-order valence-corrected chi connectivity index (χ3v) is 5.92. The van der Waals surface area contributed by atoms with E-state index < -0.39 is 0 Å². The minimum atomic E-state index is 0.653. The molecule has 0 aliphatic heterocycles. The maximum atomic E-state index is 6.51. The van der Waals surface area contributed by atoms with E-state index in [2.05, 4.69) is 77.7 Å². The second kappa shape index (κ2) is 9.82. The number of para-hydroxylation sites is 2. The fourth-order valence-electron chi connectivity index (χ4n) is 3.91. The number of ether oxygens (including phenoxy) is 1. The molecule has 3 nitrogen and oxygen atoms in total. The van der Waals surface area contributed by atoms with Gasteiger partial charge >= 0.3 is 0 Å². The second-order valence-electron chi connectivity index (χ2n) is 7.84. The van der Waals surface area contributed by atoms with Crippen molar-refractivity contribution in [3.8, 4) is 5.75 Å². The number of methoxy groups -OCH3 is 1. The van der Waals surface area contributed by atoms with E-state index >= 15 is 0 Å². The molecular weight excluding hydrogens is 440 g/mol. The Labute approximate surface area is 204 Å². The molecule has 5 rings (SSSR count). The van der Waals surface area contributed by atoms with Crippen LogP contribution in [0, 0.1) is 0 Å². The molecule has 0 saturated heterocycles. The van der Waals surface area contributed by atoms with Gasteiger partial charge < -0.3 is 9.64 Å². The molecule has 0 saturated carbocycles. The number of halogens is 1. The smallest absolute Gasteiger partial charge is 0.119 e. The molecule has 5 aromatic rings. The van der Waals surface area contributed by atoms with Crippen LogP contribution in [0.2, 0.25) is 5.02 Å². The van der Waals surface area contributed by atoms with Crippen LogP contribution in [0.25, 0.3) is 23.1 Å². The average Bonchev–Trinajstić information content (AvgIpc) is 2.89. The number of benzene rings is 4. The molecule has 0 bridgehead atoms. The number of fused-ring (bicyclic) bond motifs is 1. The normalized spacial score (nSPS) is 11.1. The monoisotopic (exact) mass is 462 g/mol. The molecular formula is C30H23ClN2O. The van der Waals surface area contributed by atoms with Crippen molar-refractivity contribution in [1.82, 2.24) is 4.98 Å². The molecule has 0 unspecified atom stereocenters. The van der Waals surface area contributed by atoms with Crippen molar-refractivity contribution in [3.05, 3.63) is 125 Å². The molecule has 4 aromatic carbocycles. The lowest BCUT2D eigenvalue weighted by Gasteiger charge is -2.25. The van der Waals surface area contributed by atoms with Crippen LogP contribution in [0.5, 0.6) is 5.75 Å². The molecule has 0 aliphatic rings. The first-order valence-corrected chi connectivity index (χ1v) is 11.4. The van der Waals surface area contributed by atoms with Crippen LogP contribution in [0.1, 0.15) is 11.3 Å². The maximum absolute atomic E-state index is 6.51. The van der Waals surface area contributed by atoms with E-state index in [1.807, 2.05) is 48.6 Å². The summed E-state index contributed by atoms with van der Waals surface area (Å²) in [6, 6.07) is 36.8. The van der Waals surface area contributed by atoms with Crippen molar-refractivity contribution in [2.24, 2.45) is 0 Å². The lowest BCUT2D eigenvalue weighted by molar-refractivity contribution is 0.415. The van der Waals surface area contributed by atoms with Crippen LogP contribution in [0.4, 0.5) is 17.1 Å². The van der Waals surface area contributed by atoms with E-state index in [-0.39, 0.29) is 0 Å². The molecule has 0 N–H and O–H groups in total. The number of pyridine rings is 1. The highest BCUT2D eigenvalue weighted by Gasteiger charge is 2.11. The molecule has 0 radical (unpaired) electrons. The number of anilines is 3. The summed E-state index contributed by atoms with van der Waals surface area (Å²) in [6.45, 7) is 0. The van der Waals surface area contributed by atoms with Crippen LogP contribution < -0.4 is 9.64 Å². The first-order chi connectivity index (χ1) is 16.7. The Morgan fingerprint density at radius 2 is 1.32 bits per heavy atom. The first kappa shape index (κ1) is 21.7. The van der Waals surface area contributed by atoms with Crippen LogP contribution in [-0.2, 0) is 0 Å². The largest absolute Gasteiger partial charge is 0.497 e.